The summed E-state index contributed by atoms with van der Waals surface area (Å²) in [4.78, 5) is 15.0. The van der Waals surface area contributed by atoms with E-state index in [0.29, 0.717) is 48.3 Å². The number of rotatable bonds is 7. The Morgan fingerprint density at radius 3 is 2.34 bits per heavy atom. The number of benzene rings is 2. The Kier molecular flexibility index (Phi) is 7.21. The molecule has 1 aliphatic rings. The molecule has 4 rings (SSSR count). The quantitative estimate of drug-likeness (QED) is 0.403. The predicted octanol–water partition coefficient (Wildman–Crippen LogP) is 3.02. The van der Waals surface area contributed by atoms with Crippen LogP contribution in [-0.4, -0.2) is 66.2 Å². The van der Waals surface area contributed by atoms with Crippen molar-refractivity contribution in [3.8, 4) is 0 Å². The van der Waals surface area contributed by atoms with Gasteiger partial charge in [-0.15, -0.1) is 10.2 Å². The summed E-state index contributed by atoms with van der Waals surface area (Å²) in [5, 5.41) is 11.2. The van der Waals surface area contributed by atoms with E-state index in [0.717, 1.165) is 9.90 Å². The number of hydrogen-bond acceptors (Lipinski definition) is 8. The topological polar surface area (TPSA) is 95.5 Å². The van der Waals surface area contributed by atoms with Gasteiger partial charge in [-0.1, -0.05) is 53.4 Å². The SMILES string of the molecule is CSc1nnc(NC(=O)c2ccc(CN3CCN(S(=O)(=O)c4ccccc4)CC3)cc2)s1. The number of anilines is 1. The molecule has 2 heterocycles. The second-order valence-electron chi connectivity index (χ2n) is 7.22. The van der Waals surface area contributed by atoms with E-state index in [1.54, 1.807) is 40.7 Å². The van der Waals surface area contributed by atoms with E-state index >= 15 is 0 Å². The highest BCUT2D eigenvalue weighted by atomic mass is 32.2. The van der Waals surface area contributed by atoms with E-state index in [9.17, 15) is 13.2 Å². The number of hydrogen-bond donors (Lipinski definition) is 1. The summed E-state index contributed by atoms with van der Waals surface area (Å²) in [5.74, 6) is -0.222. The Bertz CT molecular complexity index is 1160. The first-order valence-corrected chi connectivity index (χ1v) is 13.5. The third-order valence-electron chi connectivity index (χ3n) is 5.14. The van der Waals surface area contributed by atoms with E-state index in [1.807, 2.05) is 24.5 Å². The van der Waals surface area contributed by atoms with Crippen molar-refractivity contribution in [3.63, 3.8) is 0 Å². The molecule has 2 aromatic carbocycles. The number of carbonyl (C=O) groups excluding carboxylic acids is 1. The fourth-order valence-electron chi connectivity index (χ4n) is 3.40. The van der Waals surface area contributed by atoms with Gasteiger partial charge in [0.2, 0.25) is 15.2 Å². The summed E-state index contributed by atoms with van der Waals surface area (Å²) in [6, 6.07) is 16.0. The van der Waals surface area contributed by atoms with Crippen molar-refractivity contribution >= 4 is 44.2 Å². The molecular weight excluding hydrogens is 466 g/mol. The van der Waals surface area contributed by atoms with Crippen LogP contribution < -0.4 is 5.32 Å². The summed E-state index contributed by atoms with van der Waals surface area (Å²) in [7, 11) is -3.45. The largest absolute Gasteiger partial charge is 0.296 e. The van der Waals surface area contributed by atoms with Gasteiger partial charge in [0.1, 0.15) is 0 Å². The molecule has 1 aromatic heterocycles. The third-order valence-corrected chi connectivity index (χ3v) is 8.86. The molecule has 1 saturated heterocycles. The van der Waals surface area contributed by atoms with Crippen LogP contribution in [0, 0.1) is 0 Å². The summed E-state index contributed by atoms with van der Waals surface area (Å²) in [5.41, 5.74) is 1.62. The van der Waals surface area contributed by atoms with E-state index < -0.39 is 10.0 Å². The molecule has 8 nitrogen and oxygen atoms in total. The molecule has 0 radical (unpaired) electrons. The summed E-state index contributed by atoms with van der Waals surface area (Å²) >= 11 is 2.82. The zero-order valence-corrected chi connectivity index (χ0v) is 19.9. The molecule has 0 saturated carbocycles. The van der Waals surface area contributed by atoms with Gasteiger partial charge in [-0.05, 0) is 36.1 Å². The highest BCUT2D eigenvalue weighted by Gasteiger charge is 2.28. The maximum Gasteiger partial charge on any atom is 0.257 e. The Balaban J connectivity index is 1.30. The molecule has 0 bridgehead atoms. The van der Waals surface area contributed by atoms with Crippen molar-refractivity contribution in [2.45, 2.75) is 15.8 Å². The highest BCUT2D eigenvalue weighted by Crippen LogP contribution is 2.23. The van der Waals surface area contributed by atoms with Gasteiger partial charge in [0.05, 0.1) is 4.90 Å². The lowest BCUT2D eigenvalue weighted by molar-refractivity contribution is 0.102. The van der Waals surface area contributed by atoms with E-state index in [1.165, 1.54) is 23.1 Å². The molecule has 3 aromatic rings. The van der Waals surface area contributed by atoms with Gasteiger partial charge in [0, 0.05) is 38.3 Å². The maximum absolute atomic E-state index is 12.8. The third kappa shape index (κ3) is 5.36. The van der Waals surface area contributed by atoms with Gasteiger partial charge in [-0.2, -0.15) is 4.31 Å². The Morgan fingerprint density at radius 2 is 1.72 bits per heavy atom. The number of nitrogens with zero attached hydrogens (tertiary/aromatic N) is 4. The summed E-state index contributed by atoms with van der Waals surface area (Å²) < 4.78 is 27.9. The molecule has 0 unspecified atom stereocenters. The lowest BCUT2D eigenvalue weighted by Gasteiger charge is -2.34. The van der Waals surface area contributed by atoms with Gasteiger partial charge in [-0.25, -0.2) is 8.42 Å². The lowest BCUT2D eigenvalue weighted by atomic mass is 10.1. The first-order chi connectivity index (χ1) is 15.5. The van der Waals surface area contributed by atoms with Crippen LogP contribution in [0.2, 0.25) is 0 Å². The minimum atomic E-state index is -3.45. The van der Waals surface area contributed by atoms with E-state index in [-0.39, 0.29) is 5.91 Å². The number of piperazine rings is 1. The maximum atomic E-state index is 12.8. The fraction of sp³-hybridized carbons (Fsp3) is 0.286. The zero-order chi connectivity index (χ0) is 22.6. The van der Waals surface area contributed by atoms with Gasteiger partial charge < -0.3 is 0 Å². The first-order valence-electron chi connectivity index (χ1n) is 10.0. The fourth-order valence-corrected chi connectivity index (χ4v) is 6.01. The van der Waals surface area contributed by atoms with Gasteiger partial charge in [0.15, 0.2) is 4.34 Å². The molecule has 168 valence electrons. The van der Waals surface area contributed by atoms with Crippen LogP contribution in [0.5, 0.6) is 0 Å². The molecular formula is C21H23N5O3S3. The minimum absolute atomic E-state index is 0.222. The van der Waals surface area contributed by atoms with Gasteiger partial charge in [-0.3, -0.25) is 15.0 Å². The highest BCUT2D eigenvalue weighted by molar-refractivity contribution is 8.00. The summed E-state index contributed by atoms with van der Waals surface area (Å²) in [6.45, 7) is 2.93. The van der Waals surface area contributed by atoms with E-state index in [2.05, 4.69) is 20.4 Å². The molecule has 0 atom stereocenters. The molecule has 1 fully saturated rings. The average molecular weight is 490 g/mol. The van der Waals surface area contributed by atoms with Crippen molar-refractivity contribution in [2.24, 2.45) is 0 Å². The molecule has 1 N–H and O–H groups in total. The van der Waals surface area contributed by atoms with E-state index in [4.69, 9.17) is 0 Å². The van der Waals surface area contributed by atoms with Crippen LogP contribution >= 0.6 is 23.1 Å². The predicted molar refractivity (Wildman–Crippen MR) is 127 cm³/mol. The minimum Gasteiger partial charge on any atom is -0.296 e. The second-order valence-corrected chi connectivity index (χ2v) is 11.2. The second kappa shape index (κ2) is 10.1. The number of thioether (sulfide) groups is 1. The standard InChI is InChI=1S/C21H23N5O3S3/c1-30-21-24-23-20(31-21)22-19(27)17-9-7-16(8-10-17)15-25-11-13-26(14-12-25)32(28,29)18-5-3-2-4-6-18/h2-10H,11-15H2,1H3,(H,22,23,27). The van der Waals surface area contributed by atoms with Crippen molar-refractivity contribution in [3.05, 3.63) is 65.7 Å². The van der Waals surface area contributed by atoms with Crippen molar-refractivity contribution in [1.29, 1.82) is 0 Å². The van der Waals surface area contributed by atoms with Crippen LogP contribution in [0.4, 0.5) is 5.13 Å². The van der Waals surface area contributed by atoms with Crippen LogP contribution in [0.1, 0.15) is 15.9 Å². The molecule has 32 heavy (non-hydrogen) atoms. The van der Waals surface area contributed by atoms with Crippen molar-refractivity contribution in [2.75, 3.05) is 37.8 Å². The Hall–Kier alpha value is -2.31. The zero-order valence-electron chi connectivity index (χ0n) is 17.5. The van der Waals surface area contributed by atoms with Crippen LogP contribution in [0.25, 0.3) is 0 Å². The Labute approximate surface area is 195 Å². The van der Waals surface area contributed by atoms with Crippen LogP contribution in [0.3, 0.4) is 0 Å². The smallest absolute Gasteiger partial charge is 0.257 e. The molecule has 0 aliphatic carbocycles. The van der Waals surface area contributed by atoms with Crippen molar-refractivity contribution < 1.29 is 13.2 Å². The first kappa shape index (κ1) is 22.9. The normalized spacial score (nSPS) is 15.5. The number of sulfonamides is 1. The van der Waals surface area contributed by atoms with Gasteiger partial charge in [0.25, 0.3) is 5.91 Å². The van der Waals surface area contributed by atoms with Crippen LogP contribution in [-0.2, 0) is 16.6 Å². The Morgan fingerprint density at radius 1 is 1.03 bits per heavy atom. The molecule has 11 heteroatoms. The number of carbonyl (C=O) groups is 1. The summed E-state index contributed by atoms with van der Waals surface area (Å²) in [6.07, 6.45) is 1.91. The molecule has 1 aliphatic heterocycles. The molecule has 1 amide bonds. The average Bonchev–Trinajstić information content (AvgIpc) is 3.28. The van der Waals surface area contributed by atoms with Crippen LogP contribution in [0.15, 0.2) is 63.8 Å². The number of aromatic nitrogens is 2. The monoisotopic (exact) mass is 489 g/mol. The number of nitrogens with one attached hydrogen (secondary N) is 1. The lowest BCUT2D eigenvalue weighted by Crippen LogP contribution is -2.48. The number of amides is 1. The van der Waals surface area contributed by atoms with Gasteiger partial charge >= 0.3 is 0 Å². The molecule has 0 spiro atoms. The van der Waals surface area contributed by atoms with Crippen molar-refractivity contribution in [1.82, 2.24) is 19.4 Å².